The Morgan fingerprint density at radius 2 is 1.76 bits per heavy atom. The summed E-state index contributed by atoms with van der Waals surface area (Å²) in [5.41, 5.74) is 2.29. The summed E-state index contributed by atoms with van der Waals surface area (Å²) in [6, 6.07) is 14.3. The third-order valence-electron chi connectivity index (χ3n) is 3.08. The molecule has 2 rings (SSSR count). The average Bonchev–Trinajstić information content (AvgIpc) is 2.53. The molecule has 21 heavy (non-hydrogen) atoms. The lowest BCUT2D eigenvalue weighted by Crippen LogP contribution is -2.28. The molecule has 0 unspecified atom stereocenters. The lowest BCUT2D eigenvalue weighted by molar-refractivity contribution is 0.251. The number of amides is 2. The Hall–Kier alpha value is -2.53. The van der Waals surface area contributed by atoms with Crippen molar-refractivity contribution in [1.29, 1.82) is 0 Å². The van der Waals surface area contributed by atoms with Crippen molar-refractivity contribution in [2.24, 2.45) is 0 Å². The monoisotopic (exact) mass is 286 g/mol. The molecule has 0 aliphatic heterocycles. The summed E-state index contributed by atoms with van der Waals surface area (Å²) in [5, 5.41) is 14.7. The molecule has 110 valence electrons. The van der Waals surface area contributed by atoms with Crippen molar-refractivity contribution in [3.8, 4) is 5.75 Å². The van der Waals surface area contributed by atoms with Crippen LogP contribution in [0.3, 0.4) is 0 Å². The summed E-state index contributed by atoms with van der Waals surface area (Å²) < 4.78 is 5.17. The first kappa shape index (κ1) is 14.9. The van der Waals surface area contributed by atoms with Gasteiger partial charge in [-0.1, -0.05) is 36.4 Å². The Morgan fingerprint density at radius 1 is 1.10 bits per heavy atom. The highest BCUT2D eigenvalue weighted by molar-refractivity contribution is 5.90. The van der Waals surface area contributed by atoms with E-state index in [1.165, 1.54) is 0 Å². The first-order chi connectivity index (χ1) is 10.2. The van der Waals surface area contributed by atoms with Crippen molar-refractivity contribution in [3.63, 3.8) is 0 Å². The van der Waals surface area contributed by atoms with Crippen LogP contribution in [0.2, 0.25) is 0 Å². The van der Waals surface area contributed by atoms with E-state index in [-0.39, 0.29) is 12.6 Å². The van der Waals surface area contributed by atoms with Crippen LogP contribution in [0.1, 0.15) is 11.1 Å². The maximum Gasteiger partial charge on any atom is 0.319 e. The van der Waals surface area contributed by atoms with Crippen LogP contribution < -0.4 is 15.4 Å². The lowest BCUT2D eigenvalue weighted by atomic mass is 10.1. The molecule has 2 aromatic carbocycles. The molecule has 3 N–H and O–H groups in total. The van der Waals surface area contributed by atoms with E-state index in [0.717, 1.165) is 11.1 Å². The van der Waals surface area contributed by atoms with E-state index in [0.29, 0.717) is 18.0 Å². The van der Waals surface area contributed by atoms with E-state index in [9.17, 15) is 9.90 Å². The van der Waals surface area contributed by atoms with E-state index < -0.39 is 0 Å². The van der Waals surface area contributed by atoms with E-state index in [4.69, 9.17) is 4.74 Å². The molecule has 0 radical (unpaired) electrons. The van der Waals surface area contributed by atoms with Crippen LogP contribution in [-0.2, 0) is 13.2 Å². The van der Waals surface area contributed by atoms with Gasteiger partial charge in [0, 0.05) is 6.54 Å². The minimum absolute atomic E-state index is 0.0496. The smallest absolute Gasteiger partial charge is 0.319 e. The predicted molar refractivity (Wildman–Crippen MR) is 81.2 cm³/mol. The summed E-state index contributed by atoms with van der Waals surface area (Å²) in [5.74, 6) is 0.600. The summed E-state index contributed by atoms with van der Waals surface area (Å²) in [6.45, 7) is 0.295. The van der Waals surface area contributed by atoms with Gasteiger partial charge >= 0.3 is 6.03 Å². The highest BCUT2D eigenvalue weighted by Crippen LogP contribution is 2.22. The predicted octanol–water partition coefficient (Wildman–Crippen LogP) is 2.51. The van der Waals surface area contributed by atoms with Gasteiger partial charge in [0.1, 0.15) is 5.75 Å². The Bertz CT molecular complexity index is 614. The minimum atomic E-state index is -0.327. The molecule has 0 heterocycles. The second-order valence-electron chi connectivity index (χ2n) is 4.43. The van der Waals surface area contributed by atoms with Gasteiger partial charge in [-0.2, -0.15) is 0 Å². The Morgan fingerprint density at radius 3 is 2.48 bits per heavy atom. The first-order valence-corrected chi connectivity index (χ1v) is 6.60. The molecule has 0 atom stereocenters. The van der Waals surface area contributed by atoms with E-state index in [1.807, 2.05) is 36.4 Å². The molecule has 5 nitrogen and oxygen atoms in total. The molecule has 0 aromatic heterocycles. The molecule has 2 aromatic rings. The number of hydrogen-bond acceptors (Lipinski definition) is 3. The normalized spacial score (nSPS) is 10.0. The number of benzene rings is 2. The van der Waals surface area contributed by atoms with Crippen LogP contribution in [0.5, 0.6) is 5.75 Å². The topological polar surface area (TPSA) is 70.6 Å². The van der Waals surface area contributed by atoms with E-state index in [2.05, 4.69) is 10.6 Å². The molecular weight excluding hydrogens is 268 g/mol. The van der Waals surface area contributed by atoms with Crippen LogP contribution in [0.4, 0.5) is 10.5 Å². The van der Waals surface area contributed by atoms with Crippen molar-refractivity contribution in [3.05, 3.63) is 59.7 Å². The average molecular weight is 286 g/mol. The number of aliphatic hydroxyl groups excluding tert-OH is 1. The fourth-order valence-corrected chi connectivity index (χ4v) is 1.97. The third-order valence-corrected chi connectivity index (χ3v) is 3.08. The van der Waals surface area contributed by atoms with Gasteiger partial charge in [0.2, 0.25) is 0 Å². The van der Waals surface area contributed by atoms with Gasteiger partial charge in [-0.05, 0) is 23.3 Å². The molecule has 0 saturated carbocycles. The Labute approximate surface area is 123 Å². The molecule has 0 fully saturated rings. The largest absolute Gasteiger partial charge is 0.495 e. The molecule has 0 saturated heterocycles. The van der Waals surface area contributed by atoms with Crippen molar-refractivity contribution < 1.29 is 14.6 Å². The standard InChI is InChI=1S/C16H18N2O3/c1-21-15-9-5-4-8-14(15)18-16(20)17-10-12-6-2-3-7-13(12)11-19/h2-9,19H,10-11H2,1H3,(H2,17,18,20). The van der Waals surface area contributed by atoms with E-state index in [1.54, 1.807) is 19.2 Å². The van der Waals surface area contributed by atoms with Gasteiger partial charge in [-0.15, -0.1) is 0 Å². The van der Waals surface area contributed by atoms with Crippen LogP contribution in [0.15, 0.2) is 48.5 Å². The van der Waals surface area contributed by atoms with Crippen molar-refractivity contribution in [1.82, 2.24) is 5.32 Å². The Kier molecular flexibility index (Phi) is 5.17. The van der Waals surface area contributed by atoms with Gasteiger partial charge < -0.3 is 20.5 Å². The molecule has 5 heteroatoms. The van der Waals surface area contributed by atoms with Crippen LogP contribution >= 0.6 is 0 Å². The number of carbonyl (C=O) groups excluding carboxylic acids is 1. The molecule has 0 spiro atoms. The lowest BCUT2D eigenvalue weighted by Gasteiger charge is -2.12. The summed E-state index contributed by atoms with van der Waals surface area (Å²) >= 11 is 0. The van der Waals surface area contributed by atoms with E-state index >= 15 is 0 Å². The van der Waals surface area contributed by atoms with Crippen molar-refractivity contribution >= 4 is 11.7 Å². The maximum atomic E-state index is 11.9. The summed E-state index contributed by atoms with van der Waals surface area (Å²) in [4.78, 5) is 11.9. The van der Waals surface area contributed by atoms with Gasteiger partial charge in [0.15, 0.2) is 0 Å². The molecule has 0 bridgehead atoms. The quantitative estimate of drug-likeness (QED) is 0.791. The van der Waals surface area contributed by atoms with Crippen molar-refractivity contribution in [2.45, 2.75) is 13.2 Å². The summed E-state index contributed by atoms with van der Waals surface area (Å²) in [7, 11) is 1.55. The fraction of sp³-hybridized carbons (Fsp3) is 0.188. The van der Waals surface area contributed by atoms with Gasteiger partial charge in [-0.25, -0.2) is 4.79 Å². The zero-order valence-electron chi connectivity index (χ0n) is 11.8. The van der Waals surface area contributed by atoms with Crippen LogP contribution in [-0.4, -0.2) is 18.2 Å². The number of hydrogen-bond donors (Lipinski definition) is 3. The second-order valence-corrected chi connectivity index (χ2v) is 4.43. The first-order valence-electron chi connectivity index (χ1n) is 6.60. The summed E-state index contributed by atoms with van der Waals surface area (Å²) in [6.07, 6.45) is 0. The number of ether oxygens (including phenoxy) is 1. The zero-order valence-corrected chi connectivity index (χ0v) is 11.8. The SMILES string of the molecule is COc1ccccc1NC(=O)NCc1ccccc1CO. The number of aliphatic hydroxyl groups is 1. The number of para-hydroxylation sites is 2. The third kappa shape index (κ3) is 3.97. The highest BCUT2D eigenvalue weighted by atomic mass is 16.5. The number of anilines is 1. The number of urea groups is 1. The molecule has 2 amide bonds. The number of carbonyl (C=O) groups is 1. The zero-order chi connectivity index (χ0) is 15.1. The molecular formula is C16H18N2O3. The molecule has 0 aliphatic rings. The number of rotatable bonds is 5. The number of methoxy groups -OCH3 is 1. The number of nitrogens with one attached hydrogen (secondary N) is 2. The minimum Gasteiger partial charge on any atom is -0.495 e. The van der Waals surface area contributed by atoms with Gasteiger partial charge in [0.25, 0.3) is 0 Å². The highest BCUT2D eigenvalue weighted by Gasteiger charge is 2.07. The van der Waals surface area contributed by atoms with Gasteiger partial charge in [0.05, 0.1) is 19.4 Å². The van der Waals surface area contributed by atoms with Crippen molar-refractivity contribution in [2.75, 3.05) is 12.4 Å². The molecule has 0 aliphatic carbocycles. The Balaban J connectivity index is 1.96. The maximum absolute atomic E-state index is 11.9. The second kappa shape index (κ2) is 7.31. The van der Waals surface area contributed by atoms with Gasteiger partial charge in [-0.3, -0.25) is 0 Å². The fourth-order valence-electron chi connectivity index (χ4n) is 1.97. The van der Waals surface area contributed by atoms with Crippen LogP contribution in [0.25, 0.3) is 0 Å². The van der Waals surface area contributed by atoms with Crippen LogP contribution in [0, 0.1) is 0 Å².